The standard InChI is InChI=1S/C15H15N7O/c1-10-17-6-7-22(10)12-3-2-11(8-20-12)9-21-15(23)13-14(16)19-5-4-18-13/h2-8H,9H2,1H3,(H2,16,19)(H,21,23). The van der Waals surface area contributed by atoms with Gasteiger partial charge in [-0.25, -0.2) is 19.9 Å². The second-order valence-electron chi connectivity index (χ2n) is 4.84. The minimum atomic E-state index is -0.370. The van der Waals surface area contributed by atoms with Gasteiger partial charge in [0.05, 0.1) is 0 Å². The van der Waals surface area contributed by atoms with Crippen LogP contribution in [0.2, 0.25) is 0 Å². The molecule has 23 heavy (non-hydrogen) atoms. The normalized spacial score (nSPS) is 10.5. The summed E-state index contributed by atoms with van der Waals surface area (Å²) < 4.78 is 1.88. The summed E-state index contributed by atoms with van der Waals surface area (Å²) in [6.07, 6.45) is 8.13. The maximum absolute atomic E-state index is 12.0. The fraction of sp³-hybridized carbons (Fsp3) is 0.133. The fourth-order valence-corrected chi connectivity index (χ4v) is 2.07. The van der Waals surface area contributed by atoms with Gasteiger partial charge in [0.2, 0.25) is 0 Å². The summed E-state index contributed by atoms with van der Waals surface area (Å²) in [5.41, 5.74) is 6.60. The van der Waals surface area contributed by atoms with Gasteiger partial charge in [0.1, 0.15) is 11.6 Å². The molecule has 0 aliphatic rings. The third-order valence-corrected chi connectivity index (χ3v) is 3.28. The predicted octanol–water partition coefficient (Wildman–Crippen LogP) is 0.878. The molecular weight excluding hydrogens is 294 g/mol. The summed E-state index contributed by atoms with van der Waals surface area (Å²) in [4.78, 5) is 28.3. The molecule has 8 nitrogen and oxygen atoms in total. The molecule has 3 N–H and O–H groups in total. The van der Waals surface area contributed by atoms with Crippen LogP contribution in [-0.2, 0) is 6.54 Å². The van der Waals surface area contributed by atoms with Crippen molar-refractivity contribution < 1.29 is 4.79 Å². The van der Waals surface area contributed by atoms with Crippen molar-refractivity contribution in [1.29, 1.82) is 0 Å². The van der Waals surface area contributed by atoms with Crippen LogP contribution in [-0.4, -0.2) is 30.4 Å². The van der Waals surface area contributed by atoms with Crippen LogP contribution in [0, 0.1) is 6.92 Å². The largest absolute Gasteiger partial charge is 0.382 e. The van der Waals surface area contributed by atoms with E-state index >= 15 is 0 Å². The van der Waals surface area contributed by atoms with Crippen LogP contribution >= 0.6 is 0 Å². The average Bonchev–Trinajstić information content (AvgIpc) is 2.99. The highest BCUT2D eigenvalue weighted by atomic mass is 16.1. The molecule has 0 aromatic carbocycles. The molecule has 0 unspecified atom stereocenters. The Hall–Kier alpha value is -3.29. The average molecular weight is 309 g/mol. The van der Waals surface area contributed by atoms with E-state index in [9.17, 15) is 4.79 Å². The monoisotopic (exact) mass is 309 g/mol. The summed E-state index contributed by atoms with van der Waals surface area (Å²) in [5, 5.41) is 2.74. The molecule has 0 bridgehead atoms. The van der Waals surface area contributed by atoms with Crippen molar-refractivity contribution in [1.82, 2.24) is 29.8 Å². The lowest BCUT2D eigenvalue weighted by Crippen LogP contribution is -2.25. The quantitative estimate of drug-likeness (QED) is 0.740. The van der Waals surface area contributed by atoms with Crippen molar-refractivity contribution in [2.24, 2.45) is 0 Å². The van der Waals surface area contributed by atoms with E-state index in [0.29, 0.717) is 6.54 Å². The van der Waals surface area contributed by atoms with Gasteiger partial charge in [0.25, 0.3) is 5.91 Å². The number of hydrogen-bond donors (Lipinski definition) is 2. The van der Waals surface area contributed by atoms with Crippen molar-refractivity contribution >= 4 is 11.7 Å². The van der Waals surface area contributed by atoms with Crippen LogP contribution in [0.1, 0.15) is 21.9 Å². The molecular formula is C15H15N7O. The number of pyridine rings is 1. The van der Waals surface area contributed by atoms with Gasteiger partial charge in [0, 0.05) is 37.5 Å². The third kappa shape index (κ3) is 3.15. The lowest BCUT2D eigenvalue weighted by Gasteiger charge is -2.07. The zero-order valence-electron chi connectivity index (χ0n) is 12.5. The molecule has 0 atom stereocenters. The van der Waals surface area contributed by atoms with Crippen LogP contribution in [0.5, 0.6) is 0 Å². The summed E-state index contributed by atoms with van der Waals surface area (Å²) in [6, 6.07) is 3.76. The molecule has 3 aromatic heterocycles. The number of aryl methyl sites for hydroxylation is 1. The number of anilines is 1. The van der Waals surface area contributed by atoms with E-state index in [1.807, 2.05) is 29.8 Å². The number of amides is 1. The Morgan fingerprint density at radius 3 is 2.65 bits per heavy atom. The molecule has 0 saturated heterocycles. The number of nitrogens with one attached hydrogen (secondary N) is 1. The van der Waals surface area contributed by atoms with Crippen molar-refractivity contribution in [3.8, 4) is 5.82 Å². The minimum Gasteiger partial charge on any atom is -0.382 e. The van der Waals surface area contributed by atoms with Crippen molar-refractivity contribution in [2.75, 3.05) is 5.73 Å². The lowest BCUT2D eigenvalue weighted by molar-refractivity contribution is 0.0946. The van der Waals surface area contributed by atoms with Gasteiger partial charge in [0.15, 0.2) is 11.5 Å². The summed E-state index contributed by atoms with van der Waals surface area (Å²) in [6.45, 7) is 2.23. The first-order chi connectivity index (χ1) is 11.1. The van der Waals surface area contributed by atoms with Crippen LogP contribution < -0.4 is 11.1 Å². The van der Waals surface area contributed by atoms with E-state index < -0.39 is 0 Å². The van der Waals surface area contributed by atoms with Crippen LogP contribution in [0.4, 0.5) is 5.82 Å². The van der Waals surface area contributed by atoms with Gasteiger partial charge in [-0.2, -0.15) is 0 Å². The van der Waals surface area contributed by atoms with Gasteiger partial charge < -0.3 is 11.1 Å². The summed E-state index contributed by atoms with van der Waals surface area (Å²) in [5.74, 6) is 1.36. The minimum absolute atomic E-state index is 0.106. The van der Waals surface area contributed by atoms with E-state index in [1.165, 1.54) is 12.4 Å². The number of nitrogen functional groups attached to an aromatic ring is 1. The first kappa shape index (κ1) is 14.6. The number of aromatic nitrogens is 5. The third-order valence-electron chi connectivity index (χ3n) is 3.28. The fourth-order valence-electron chi connectivity index (χ4n) is 2.07. The van der Waals surface area contributed by atoms with E-state index in [4.69, 9.17) is 5.73 Å². The molecule has 0 saturated carbocycles. The molecule has 0 aliphatic carbocycles. The van der Waals surface area contributed by atoms with Crippen LogP contribution in [0.15, 0.2) is 43.1 Å². The lowest BCUT2D eigenvalue weighted by atomic mass is 10.2. The predicted molar refractivity (Wildman–Crippen MR) is 83.7 cm³/mol. The number of carbonyl (C=O) groups is 1. The van der Waals surface area contributed by atoms with E-state index in [2.05, 4.69) is 25.3 Å². The summed E-state index contributed by atoms with van der Waals surface area (Å²) >= 11 is 0. The van der Waals surface area contributed by atoms with Gasteiger partial charge in [-0.15, -0.1) is 0 Å². The molecule has 3 aromatic rings. The Labute approximate surface area is 132 Å². The second-order valence-corrected chi connectivity index (χ2v) is 4.84. The maximum atomic E-state index is 12.0. The number of hydrogen-bond acceptors (Lipinski definition) is 6. The zero-order valence-corrected chi connectivity index (χ0v) is 12.5. The Kier molecular flexibility index (Phi) is 3.96. The number of imidazole rings is 1. The van der Waals surface area contributed by atoms with Crippen molar-refractivity contribution in [3.05, 3.63) is 60.2 Å². The summed E-state index contributed by atoms with van der Waals surface area (Å²) in [7, 11) is 0. The molecule has 0 fully saturated rings. The van der Waals surface area contributed by atoms with Crippen molar-refractivity contribution in [3.63, 3.8) is 0 Å². The second kappa shape index (κ2) is 6.22. The topological polar surface area (TPSA) is 112 Å². The highest BCUT2D eigenvalue weighted by Gasteiger charge is 2.11. The van der Waals surface area contributed by atoms with Gasteiger partial charge in [-0.3, -0.25) is 9.36 Å². The smallest absolute Gasteiger partial charge is 0.273 e. The molecule has 0 spiro atoms. The Bertz CT molecular complexity index is 826. The molecule has 0 radical (unpaired) electrons. The van der Waals surface area contributed by atoms with Crippen molar-refractivity contribution in [2.45, 2.75) is 13.5 Å². The molecule has 116 valence electrons. The number of carbonyl (C=O) groups excluding carboxylic acids is 1. The Balaban J connectivity index is 1.66. The maximum Gasteiger partial charge on any atom is 0.273 e. The van der Waals surface area contributed by atoms with Crippen LogP contribution in [0.25, 0.3) is 5.82 Å². The molecule has 3 rings (SSSR count). The Morgan fingerprint density at radius 2 is 2.00 bits per heavy atom. The first-order valence-corrected chi connectivity index (χ1v) is 6.95. The van der Waals surface area contributed by atoms with Gasteiger partial charge >= 0.3 is 0 Å². The highest BCUT2D eigenvalue weighted by Crippen LogP contribution is 2.09. The number of nitrogens with zero attached hydrogens (tertiary/aromatic N) is 5. The zero-order chi connectivity index (χ0) is 16.2. The molecule has 3 heterocycles. The van der Waals surface area contributed by atoms with Gasteiger partial charge in [-0.1, -0.05) is 6.07 Å². The first-order valence-electron chi connectivity index (χ1n) is 6.95. The molecule has 8 heteroatoms. The van der Waals surface area contributed by atoms with E-state index in [0.717, 1.165) is 17.2 Å². The highest BCUT2D eigenvalue weighted by molar-refractivity contribution is 5.96. The Morgan fingerprint density at radius 1 is 1.17 bits per heavy atom. The SMILES string of the molecule is Cc1nccn1-c1ccc(CNC(=O)c2nccnc2N)cn1. The number of nitrogens with two attached hydrogens (primary N) is 1. The van der Waals surface area contributed by atoms with Gasteiger partial charge in [-0.05, 0) is 18.6 Å². The van der Waals surface area contributed by atoms with E-state index in [-0.39, 0.29) is 17.4 Å². The number of rotatable bonds is 4. The molecule has 1 amide bonds. The van der Waals surface area contributed by atoms with E-state index in [1.54, 1.807) is 12.4 Å². The molecule has 0 aliphatic heterocycles. The van der Waals surface area contributed by atoms with Crippen LogP contribution in [0.3, 0.4) is 0 Å².